The Kier molecular flexibility index (Phi) is 2.83. The van der Waals surface area contributed by atoms with E-state index < -0.39 is 12.4 Å². The van der Waals surface area contributed by atoms with Crippen LogP contribution in [0.4, 0.5) is 0 Å². The molecule has 0 aromatic heterocycles. The van der Waals surface area contributed by atoms with Gasteiger partial charge in [0.2, 0.25) is 0 Å². The van der Waals surface area contributed by atoms with Crippen molar-refractivity contribution in [2.45, 2.75) is 0 Å². The van der Waals surface area contributed by atoms with Crippen LogP contribution in [0.3, 0.4) is 0 Å². The van der Waals surface area contributed by atoms with Gasteiger partial charge in [-0.25, -0.2) is 0 Å². The standard InChI is InChI=1S/C8H7BrO3/c9-5-1-2-6(7(11)3-5)8(12)4-10/h1-3,10-11H,4H2. The summed E-state index contributed by atoms with van der Waals surface area (Å²) in [6.45, 7) is -0.588. The number of ketones is 1. The van der Waals surface area contributed by atoms with Gasteiger partial charge in [0.25, 0.3) is 0 Å². The first-order valence-electron chi connectivity index (χ1n) is 3.27. The number of hydrogen-bond donors (Lipinski definition) is 2. The van der Waals surface area contributed by atoms with Gasteiger partial charge in [0.15, 0.2) is 5.78 Å². The molecule has 0 aliphatic rings. The molecule has 0 heterocycles. The molecule has 1 rings (SSSR count). The lowest BCUT2D eigenvalue weighted by Gasteiger charge is -2.00. The Balaban J connectivity index is 3.09. The van der Waals surface area contributed by atoms with E-state index in [1.54, 1.807) is 6.07 Å². The molecular weight excluding hydrogens is 224 g/mol. The van der Waals surface area contributed by atoms with Crippen LogP contribution in [0.2, 0.25) is 0 Å². The van der Waals surface area contributed by atoms with Gasteiger partial charge in [-0.15, -0.1) is 0 Å². The van der Waals surface area contributed by atoms with E-state index >= 15 is 0 Å². The molecule has 0 aliphatic heterocycles. The zero-order chi connectivity index (χ0) is 9.14. The zero-order valence-electron chi connectivity index (χ0n) is 6.12. The molecule has 12 heavy (non-hydrogen) atoms. The maximum atomic E-state index is 10.9. The van der Waals surface area contributed by atoms with Crippen molar-refractivity contribution >= 4 is 21.7 Å². The number of aliphatic hydroxyl groups excluding tert-OH is 1. The highest BCUT2D eigenvalue weighted by molar-refractivity contribution is 9.10. The molecule has 0 atom stereocenters. The van der Waals surface area contributed by atoms with E-state index in [1.165, 1.54) is 12.1 Å². The molecule has 0 saturated heterocycles. The Morgan fingerprint density at radius 3 is 2.67 bits per heavy atom. The van der Waals surface area contributed by atoms with Crippen LogP contribution in [0.25, 0.3) is 0 Å². The number of carbonyl (C=O) groups is 1. The van der Waals surface area contributed by atoms with Crippen molar-refractivity contribution in [1.29, 1.82) is 0 Å². The predicted octanol–water partition coefficient (Wildman–Crippen LogP) is 1.33. The van der Waals surface area contributed by atoms with Crippen LogP contribution in [-0.2, 0) is 0 Å². The number of rotatable bonds is 2. The molecule has 0 radical (unpaired) electrons. The fourth-order valence-electron chi connectivity index (χ4n) is 0.826. The molecule has 64 valence electrons. The average molecular weight is 231 g/mol. The average Bonchev–Trinajstić information content (AvgIpc) is 2.03. The van der Waals surface area contributed by atoms with E-state index in [0.29, 0.717) is 4.47 Å². The van der Waals surface area contributed by atoms with E-state index in [-0.39, 0.29) is 11.3 Å². The predicted molar refractivity (Wildman–Crippen MR) is 47.2 cm³/mol. The topological polar surface area (TPSA) is 57.5 Å². The van der Waals surface area contributed by atoms with Crippen molar-refractivity contribution in [2.75, 3.05) is 6.61 Å². The maximum Gasteiger partial charge on any atom is 0.191 e. The second-order valence-electron chi connectivity index (χ2n) is 2.24. The van der Waals surface area contributed by atoms with Crippen LogP contribution in [0.5, 0.6) is 5.75 Å². The summed E-state index contributed by atoms with van der Waals surface area (Å²) < 4.78 is 0.689. The number of benzene rings is 1. The molecule has 0 aliphatic carbocycles. The first-order valence-corrected chi connectivity index (χ1v) is 4.07. The van der Waals surface area contributed by atoms with Crippen LogP contribution in [0, 0.1) is 0 Å². The van der Waals surface area contributed by atoms with Crippen molar-refractivity contribution < 1.29 is 15.0 Å². The Hall–Kier alpha value is -0.870. The largest absolute Gasteiger partial charge is 0.507 e. The zero-order valence-corrected chi connectivity index (χ0v) is 7.71. The van der Waals surface area contributed by atoms with Crippen LogP contribution in [0.1, 0.15) is 10.4 Å². The molecule has 0 fully saturated rings. The van der Waals surface area contributed by atoms with Gasteiger partial charge in [0.1, 0.15) is 12.4 Å². The summed E-state index contributed by atoms with van der Waals surface area (Å²) in [6, 6.07) is 4.49. The highest BCUT2D eigenvalue weighted by Gasteiger charge is 2.09. The maximum absolute atomic E-state index is 10.9. The number of phenolic OH excluding ortho intramolecular Hbond substituents is 1. The number of carbonyl (C=O) groups excluding carboxylic acids is 1. The number of aliphatic hydroxyl groups is 1. The van der Waals surface area contributed by atoms with Gasteiger partial charge in [-0.1, -0.05) is 15.9 Å². The summed E-state index contributed by atoms with van der Waals surface area (Å²) in [5, 5.41) is 17.7. The summed E-state index contributed by atoms with van der Waals surface area (Å²) >= 11 is 3.13. The van der Waals surface area contributed by atoms with Gasteiger partial charge in [-0.2, -0.15) is 0 Å². The summed E-state index contributed by atoms with van der Waals surface area (Å²) in [5.74, 6) is -0.608. The monoisotopic (exact) mass is 230 g/mol. The van der Waals surface area contributed by atoms with Crippen LogP contribution in [0.15, 0.2) is 22.7 Å². The van der Waals surface area contributed by atoms with E-state index in [1.807, 2.05) is 0 Å². The minimum Gasteiger partial charge on any atom is -0.507 e. The SMILES string of the molecule is O=C(CO)c1ccc(Br)cc1O. The third-order valence-corrected chi connectivity index (χ3v) is 1.90. The molecule has 1 aromatic rings. The van der Waals surface area contributed by atoms with Crippen molar-refractivity contribution in [1.82, 2.24) is 0 Å². The third kappa shape index (κ3) is 1.84. The molecule has 0 saturated carbocycles. The molecule has 0 spiro atoms. The minimum absolute atomic E-state index is 0.122. The van der Waals surface area contributed by atoms with Gasteiger partial charge in [-0.05, 0) is 18.2 Å². The van der Waals surface area contributed by atoms with E-state index in [0.717, 1.165) is 0 Å². The molecule has 4 heteroatoms. The Morgan fingerprint density at radius 2 is 2.17 bits per heavy atom. The second kappa shape index (κ2) is 3.69. The first kappa shape index (κ1) is 9.22. The van der Waals surface area contributed by atoms with Gasteiger partial charge >= 0.3 is 0 Å². The van der Waals surface area contributed by atoms with Crippen LogP contribution < -0.4 is 0 Å². The van der Waals surface area contributed by atoms with Gasteiger partial charge < -0.3 is 10.2 Å². The number of aromatic hydroxyl groups is 1. The van der Waals surface area contributed by atoms with E-state index in [9.17, 15) is 9.90 Å². The van der Waals surface area contributed by atoms with Gasteiger partial charge in [0, 0.05) is 4.47 Å². The lowest BCUT2D eigenvalue weighted by atomic mass is 10.1. The van der Waals surface area contributed by atoms with E-state index in [4.69, 9.17) is 5.11 Å². The molecule has 0 amide bonds. The smallest absolute Gasteiger partial charge is 0.191 e. The van der Waals surface area contributed by atoms with Crippen molar-refractivity contribution in [3.8, 4) is 5.75 Å². The number of Topliss-reactive ketones (excluding diaryl/α,β-unsaturated/α-hetero) is 1. The van der Waals surface area contributed by atoms with Crippen molar-refractivity contribution in [3.63, 3.8) is 0 Å². The Morgan fingerprint density at radius 1 is 1.50 bits per heavy atom. The second-order valence-corrected chi connectivity index (χ2v) is 3.16. The third-order valence-electron chi connectivity index (χ3n) is 1.40. The number of hydrogen-bond acceptors (Lipinski definition) is 3. The summed E-state index contributed by atoms with van der Waals surface area (Å²) in [6.07, 6.45) is 0. The molecule has 3 nitrogen and oxygen atoms in total. The quantitative estimate of drug-likeness (QED) is 0.755. The molecule has 1 aromatic carbocycles. The lowest BCUT2D eigenvalue weighted by Crippen LogP contribution is -2.04. The molecule has 0 bridgehead atoms. The van der Waals surface area contributed by atoms with Crippen molar-refractivity contribution in [3.05, 3.63) is 28.2 Å². The van der Waals surface area contributed by atoms with Crippen LogP contribution in [-0.4, -0.2) is 22.6 Å². The van der Waals surface area contributed by atoms with Crippen molar-refractivity contribution in [2.24, 2.45) is 0 Å². The minimum atomic E-state index is -0.588. The van der Waals surface area contributed by atoms with Gasteiger partial charge in [-0.3, -0.25) is 4.79 Å². The summed E-state index contributed by atoms with van der Waals surface area (Å²) in [4.78, 5) is 10.9. The summed E-state index contributed by atoms with van der Waals surface area (Å²) in [5.41, 5.74) is 0.140. The fourth-order valence-corrected chi connectivity index (χ4v) is 1.17. The number of halogens is 1. The fraction of sp³-hybridized carbons (Fsp3) is 0.125. The van der Waals surface area contributed by atoms with Crippen LogP contribution >= 0.6 is 15.9 Å². The summed E-state index contributed by atoms with van der Waals surface area (Å²) in [7, 11) is 0. The Bertz CT molecular complexity index is 309. The lowest BCUT2D eigenvalue weighted by molar-refractivity contribution is 0.0901. The highest BCUT2D eigenvalue weighted by Crippen LogP contribution is 2.22. The molecular formula is C8H7BrO3. The normalized spacial score (nSPS) is 9.83. The molecule has 2 N–H and O–H groups in total. The first-order chi connectivity index (χ1) is 5.65. The number of phenols is 1. The van der Waals surface area contributed by atoms with E-state index in [2.05, 4.69) is 15.9 Å². The Labute approximate surface area is 77.8 Å². The van der Waals surface area contributed by atoms with Gasteiger partial charge in [0.05, 0.1) is 5.56 Å². The highest BCUT2D eigenvalue weighted by atomic mass is 79.9. The molecule has 0 unspecified atom stereocenters.